The van der Waals surface area contributed by atoms with Gasteiger partial charge in [-0.05, 0) is 59.7 Å². The van der Waals surface area contributed by atoms with Crippen molar-refractivity contribution >= 4 is 46.5 Å². The van der Waals surface area contributed by atoms with E-state index in [4.69, 9.17) is 38.5 Å². The minimum atomic E-state index is -2.24. The lowest BCUT2D eigenvalue weighted by Gasteiger charge is -2.33. The van der Waals surface area contributed by atoms with Gasteiger partial charge in [0.25, 0.3) is 5.91 Å². The third kappa shape index (κ3) is 4.92. The van der Waals surface area contributed by atoms with Crippen LogP contribution in [0.1, 0.15) is 22.6 Å². The van der Waals surface area contributed by atoms with Gasteiger partial charge in [0.05, 0.1) is 36.6 Å². The Kier molecular flexibility index (Phi) is 7.55. The van der Waals surface area contributed by atoms with Crippen molar-refractivity contribution in [2.24, 2.45) is 10.9 Å². The number of hydrazine groups is 1. The van der Waals surface area contributed by atoms with Crippen LogP contribution in [0.15, 0.2) is 65.8 Å². The molecular weight excluding hydrogens is 521 g/mol. The first-order valence-corrected chi connectivity index (χ1v) is 11.6. The lowest BCUT2D eigenvalue weighted by molar-refractivity contribution is -0.134. The number of nitrogens with zero attached hydrogens (tertiary/aromatic N) is 1. The number of aliphatic hydroxyl groups is 1. The highest BCUT2D eigenvalue weighted by Gasteiger charge is 2.54. The van der Waals surface area contributed by atoms with Crippen LogP contribution in [0.4, 0.5) is 10.5 Å². The molecule has 3 aromatic carbocycles. The SMILES string of the molecule is COc1ccc(C(=NNC(=O)NN)C(c2ccc(OC)cc2)C2(O)C(=O)Nc3c(Cl)cc(Cl)cc32)cc1. The van der Waals surface area contributed by atoms with Crippen LogP contribution in [0.3, 0.4) is 0 Å². The molecule has 0 bridgehead atoms. The summed E-state index contributed by atoms with van der Waals surface area (Å²) in [6.07, 6.45) is 0. The molecule has 37 heavy (non-hydrogen) atoms. The molecule has 0 fully saturated rings. The molecule has 1 aliphatic rings. The van der Waals surface area contributed by atoms with Gasteiger partial charge in [-0.3, -0.25) is 10.2 Å². The van der Waals surface area contributed by atoms with Crippen molar-refractivity contribution in [2.45, 2.75) is 11.5 Å². The van der Waals surface area contributed by atoms with Crippen LogP contribution in [0.2, 0.25) is 10.0 Å². The Labute approximate surface area is 222 Å². The fourth-order valence-corrected chi connectivity index (χ4v) is 4.75. The lowest BCUT2D eigenvalue weighted by atomic mass is 9.73. The number of carbonyl (C=O) groups excluding carboxylic acids is 2. The summed E-state index contributed by atoms with van der Waals surface area (Å²) in [4.78, 5) is 25.5. The highest BCUT2D eigenvalue weighted by molar-refractivity contribution is 6.38. The molecule has 1 heterocycles. The lowest BCUT2D eigenvalue weighted by Crippen LogP contribution is -2.45. The third-order valence-corrected chi connectivity index (χ3v) is 6.50. The predicted molar refractivity (Wildman–Crippen MR) is 140 cm³/mol. The van der Waals surface area contributed by atoms with Gasteiger partial charge in [0.2, 0.25) is 0 Å². The molecule has 12 heteroatoms. The van der Waals surface area contributed by atoms with E-state index in [1.54, 1.807) is 48.5 Å². The van der Waals surface area contributed by atoms with Gasteiger partial charge in [-0.25, -0.2) is 16.1 Å². The van der Waals surface area contributed by atoms with E-state index in [9.17, 15) is 14.7 Å². The smallest absolute Gasteiger partial charge is 0.349 e. The van der Waals surface area contributed by atoms with E-state index in [1.165, 1.54) is 26.4 Å². The van der Waals surface area contributed by atoms with E-state index < -0.39 is 23.5 Å². The number of methoxy groups -OCH3 is 2. The second-order valence-electron chi connectivity index (χ2n) is 8.05. The van der Waals surface area contributed by atoms with E-state index in [-0.39, 0.29) is 27.0 Å². The topological polar surface area (TPSA) is 147 Å². The largest absolute Gasteiger partial charge is 0.497 e. The summed E-state index contributed by atoms with van der Waals surface area (Å²) >= 11 is 12.6. The molecule has 2 unspecified atom stereocenters. The normalized spacial score (nSPS) is 17.5. The summed E-state index contributed by atoms with van der Waals surface area (Å²) in [7, 11) is 3.04. The number of nitrogens with one attached hydrogen (secondary N) is 3. The Balaban J connectivity index is 2.00. The van der Waals surface area contributed by atoms with E-state index in [0.29, 0.717) is 22.6 Å². The number of carbonyl (C=O) groups is 2. The van der Waals surface area contributed by atoms with Crippen molar-refractivity contribution in [3.05, 3.63) is 87.4 Å². The van der Waals surface area contributed by atoms with E-state index in [1.807, 2.05) is 5.43 Å². The number of fused-ring (bicyclic) bond motifs is 1. The van der Waals surface area contributed by atoms with Gasteiger partial charge < -0.3 is 19.9 Å². The molecule has 0 aromatic heterocycles. The third-order valence-electron chi connectivity index (χ3n) is 5.99. The number of hydrogen-bond donors (Lipinski definition) is 5. The molecule has 1 aliphatic heterocycles. The zero-order valence-corrected chi connectivity index (χ0v) is 21.2. The zero-order valence-electron chi connectivity index (χ0n) is 19.7. The number of benzene rings is 3. The summed E-state index contributed by atoms with van der Waals surface area (Å²) in [5, 5.41) is 19.5. The average Bonchev–Trinajstić information content (AvgIpc) is 3.17. The predicted octanol–water partition coefficient (Wildman–Crippen LogP) is 3.51. The van der Waals surface area contributed by atoms with Gasteiger partial charge in [-0.15, -0.1) is 0 Å². The first kappa shape index (κ1) is 26.2. The number of hydrazone groups is 1. The molecule has 3 aromatic rings. The standard InChI is InChI=1S/C25H23Cl2N5O5/c1-36-16-7-3-13(4-8-16)20(25(35)18-11-15(26)12-19(27)22(18)29-23(25)33)21(31-32-24(34)30-28)14-5-9-17(37-2)10-6-14/h3-12,20,35H,28H2,1-2H3,(H,29,33)(H2,30,32,34). The van der Waals surface area contributed by atoms with Crippen molar-refractivity contribution < 1.29 is 24.2 Å². The van der Waals surface area contributed by atoms with Gasteiger partial charge in [-0.2, -0.15) is 5.10 Å². The Morgan fingerprint density at radius 2 is 1.65 bits per heavy atom. The summed E-state index contributed by atoms with van der Waals surface area (Å²) in [5.41, 5.74) is 3.45. The number of amides is 3. The Hall–Kier alpha value is -3.83. The molecule has 0 aliphatic carbocycles. The molecule has 192 valence electrons. The van der Waals surface area contributed by atoms with Crippen LogP contribution in [-0.2, 0) is 10.4 Å². The molecule has 10 nitrogen and oxygen atoms in total. The van der Waals surface area contributed by atoms with Crippen molar-refractivity contribution in [1.29, 1.82) is 0 Å². The number of urea groups is 1. The molecular formula is C25H23Cl2N5O5. The van der Waals surface area contributed by atoms with E-state index in [0.717, 1.165) is 0 Å². The first-order valence-electron chi connectivity index (χ1n) is 10.9. The number of rotatable bonds is 7. The number of nitrogens with two attached hydrogens (primary N) is 1. The summed E-state index contributed by atoms with van der Waals surface area (Å²) in [5.74, 6) is 4.42. The Bertz CT molecular complexity index is 1370. The summed E-state index contributed by atoms with van der Waals surface area (Å²) in [6, 6.07) is 15.5. The average molecular weight is 544 g/mol. The highest BCUT2D eigenvalue weighted by Crippen LogP contribution is 2.50. The van der Waals surface area contributed by atoms with Crippen LogP contribution in [-0.4, -0.2) is 37.0 Å². The van der Waals surface area contributed by atoms with Gasteiger partial charge in [0.1, 0.15) is 11.5 Å². The fraction of sp³-hybridized carbons (Fsp3) is 0.160. The molecule has 3 amide bonds. The fourth-order valence-electron chi connectivity index (χ4n) is 4.21. The van der Waals surface area contributed by atoms with E-state index >= 15 is 0 Å². The summed E-state index contributed by atoms with van der Waals surface area (Å²) in [6.45, 7) is 0. The van der Waals surface area contributed by atoms with Crippen molar-refractivity contribution in [2.75, 3.05) is 19.5 Å². The highest BCUT2D eigenvalue weighted by atomic mass is 35.5. The Morgan fingerprint density at radius 3 is 2.22 bits per heavy atom. The maximum atomic E-state index is 13.5. The molecule has 4 rings (SSSR count). The van der Waals surface area contributed by atoms with Gasteiger partial charge in [-0.1, -0.05) is 35.3 Å². The van der Waals surface area contributed by atoms with Crippen molar-refractivity contribution in [3.63, 3.8) is 0 Å². The monoisotopic (exact) mass is 543 g/mol. The first-order chi connectivity index (χ1) is 17.7. The second kappa shape index (κ2) is 10.7. The minimum Gasteiger partial charge on any atom is -0.497 e. The quantitative estimate of drug-likeness (QED) is 0.133. The van der Waals surface area contributed by atoms with E-state index in [2.05, 4.69) is 15.8 Å². The number of hydrogen-bond acceptors (Lipinski definition) is 7. The van der Waals surface area contributed by atoms with Gasteiger partial charge in [0, 0.05) is 10.6 Å². The summed E-state index contributed by atoms with van der Waals surface area (Å²) < 4.78 is 10.5. The maximum Gasteiger partial charge on any atom is 0.349 e. The van der Waals surface area contributed by atoms with Crippen molar-refractivity contribution in [3.8, 4) is 11.5 Å². The maximum absolute atomic E-state index is 13.5. The van der Waals surface area contributed by atoms with Crippen LogP contribution in [0.5, 0.6) is 11.5 Å². The Morgan fingerprint density at radius 1 is 1.05 bits per heavy atom. The van der Waals surface area contributed by atoms with Crippen LogP contribution in [0.25, 0.3) is 0 Å². The minimum absolute atomic E-state index is 0.137. The van der Waals surface area contributed by atoms with Crippen LogP contribution >= 0.6 is 23.2 Å². The number of halogens is 2. The molecule has 0 radical (unpaired) electrons. The van der Waals surface area contributed by atoms with Gasteiger partial charge >= 0.3 is 6.03 Å². The number of anilines is 1. The second-order valence-corrected chi connectivity index (χ2v) is 8.89. The van der Waals surface area contributed by atoms with Crippen LogP contribution < -0.4 is 31.5 Å². The van der Waals surface area contributed by atoms with Gasteiger partial charge in [0.15, 0.2) is 5.60 Å². The van der Waals surface area contributed by atoms with Crippen LogP contribution in [0, 0.1) is 0 Å². The molecule has 0 saturated heterocycles. The molecule has 2 atom stereocenters. The molecule has 0 spiro atoms. The molecule has 0 saturated carbocycles. The zero-order chi connectivity index (χ0) is 26.7. The molecule has 6 N–H and O–H groups in total. The number of ether oxygens (including phenoxy) is 2. The van der Waals surface area contributed by atoms with Crippen molar-refractivity contribution in [1.82, 2.24) is 10.9 Å².